The number of hydrogen-bond acceptors (Lipinski definition) is 3. The Morgan fingerprint density at radius 1 is 1.28 bits per heavy atom. The summed E-state index contributed by atoms with van der Waals surface area (Å²) < 4.78 is 5.06. The highest BCUT2D eigenvalue weighted by molar-refractivity contribution is 5.75. The smallest absolute Gasteiger partial charge is 0.323 e. The van der Waals surface area contributed by atoms with Gasteiger partial charge in [0.1, 0.15) is 6.04 Å². The van der Waals surface area contributed by atoms with Gasteiger partial charge in [-0.05, 0) is 38.3 Å². The first-order chi connectivity index (χ1) is 8.77. The standard InChI is InChI=1S/C15H23NO2/c1-3-16-14(15(17)18-4-2)12-8-11-13-9-6-5-7-10-13/h5-7,9-10,14,16H,3-4,8,11-12H2,1-2H3. The quantitative estimate of drug-likeness (QED) is 0.720. The van der Waals surface area contributed by atoms with Gasteiger partial charge in [-0.2, -0.15) is 0 Å². The minimum Gasteiger partial charge on any atom is -0.465 e. The van der Waals surface area contributed by atoms with Crippen LogP contribution >= 0.6 is 0 Å². The molecule has 3 nitrogen and oxygen atoms in total. The summed E-state index contributed by atoms with van der Waals surface area (Å²) in [4.78, 5) is 11.7. The molecule has 1 rings (SSSR count). The summed E-state index contributed by atoms with van der Waals surface area (Å²) in [5.41, 5.74) is 1.32. The molecule has 0 spiro atoms. The Morgan fingerprint density at radius 3 is 2.61 bits per heavy atom. The summed E-state index contributed by atoms with van der Waals surface area (Å²) in [6.45, 7) is 5.07. The topological polar surface area (TPSA) is 38.3 Å². The fraction of sp³-hybridized carbons (Fsp3) is 0.533. The van der Waals surface area contributed by atoms with Crippen molar-refractivity contribution in [2.24, 2.45) is 0 Å². The van der Waals surface area contributed by atoms with Crippen LogP contribution in [0.2, 0.25) is 0 Å². The Balaban J connectivity index is 2.35. The van der Waals surface area contributed by atoms with E-state index >= 15 is 0 Å². The van der Waals surface area contributed by atoms with Gasteiger partial charge in [0, 0.05) is 0 Å². The van der Waals surface area contributed by atoms with Crippen molar-refractivity contribution < 1.29 is 9.53 Å². The molecule has 0 aliphatic carbocycles. The maximum atomic E-state index is 11.7. The van der Waals surface area contributed by atoms with Gasteiger partial charge >= 0.3 is 5.97 Å². The number of benzene rings is 1. The number of hydrogen-bond donors (Lipinski definition) is 1. The van der Waals surface area contributed by atoms with Crippen LogP contribution in [0.4, 0.5) is 0 Å². The first-order valence-electron chi connectivity index (χ1n) is 6.71. The molecular formula is C15H23NO2. The highest BCUT2D eigenvalue weighted by Gasteiger charge is 2.17. The molecule has 0 saturated carbocycles. The molecule has 18 heavy (non-hydrogen) atoms. The fourth-order valence-corrected chi connectivity index (χ4v) is 1.95. The number of ether oxygens (including phenoxy) is 1. The van der Waals surface area contributed by atoms with E-state index in [0.29, 0.717) is 6.61 Å². The maximum absolute atomic E-state index is 11.7. The molecule has 0 heterocycles. The van der Waals surface area contributed by atoms with Crippen molar-refractivity contribution in [3.8, 4) is 0 Å². The molecule has 0 aliphatic rings. The largest absolute Gasteiger partial charge is 0.465 e. The molecule has 0 aromatic heterocycles. The van der Waals surface area contributed by atoms with Crippen LogP contribution in [0.3, 0.4) is 0 Å². The minimum atomic E-state index is -0.168. The van der Waals surface area contributed by atoms with Gasteiger partial charge in [-0.1, -0.05) is 37.3 Å². The average Bonchev–Trinajstić information content (AvgIpc) is 2.39. The number of aryl methyl sites for hydroxylation is 1. The van der Waals surface area contributed by atoms with E-state index in [0.717, 1.165) is 25.8 Å². The van der Waals surface area contributed by atoms with Crippen LogP contribution in [-0.4, -0.2) is 25.2 Å². The van der Waals surface area contributed by atoms with Gasteiger partial charge in [0.25, 0.3) is 0 Å². The van der Waals surface area contributed by atoms with E-state index in [4.69, 9.17) is 4.74 Å². The fourth-order valence-electron chi connectivity index (χ4n) is 1.95. The third-order valence-corrected chi connectivity index (χ3v) is 2.82. The second kappa shape index (κ2) is 8.70. The van der Waals surface area contributed by atoms with E-state index in [-0.39, 0.29) is 12.0 Å². The zero-order valence-electron chi connectivity index (χ0n) is 11.3. The van der Waals surface area contributed by atoms with Crippen molar-refractivity contribution in [1.82, 2.24) is 5.32 Å². The summed E-state index contributed by atoms with van der Waals surface area (Å²) in [7, 11) is 0. The summed E-state index contributed by atoms with van der Waals surface area (Å²) in [5, 5.41) is 3.18. The first kappa shape index (κ1) is 14.7. The van der Waals surface area contributed by atoms with E-state index in [9.17, 15) is 4.79 Å². The minimum absolute atomic E-state index is 0.132. The number of carbonyl (C=O) groups excluding carboxylic acids is 1. The van der Waals surface area contributed by atoms with Crippen molar-refractivity contribution in [2.45, 2.75) is 39.2 Å². The third-order valence-electron chi connectivity index (χ3n) is 2.82. The number of likely N-dealkylation sites (N-methyl/N-ethyl adjacent to an activating group) is 1. The highest BCUT2D eigenvalue weighted by Crippen LogP contribution is 2.07. The van der Waals surface area contributed by atoms with Crippen LogP contribution in [0.25, 0.3) is 0 Å². The summed E-state index contributed by atoms with van der Waals surface area (Å²) >= 11 is 0. The molecule has 0 radical (unpaired) electrons. The lowest BCUT2D eigenvalue weighted by Crippen LogP contribution is -2.38. The highest BCUT2D eigenvalue weighted by atomic mass is 16.5. The van der Waals surface area contributed by atoms with Crippen LogP contribution in [0, 0.1) is 0 Å². The Labute approximate surface area is 110 Å². The molecule has 0 aliphatic heterocycles. The zero-order chi connectivity index (χ0) is 13.2. The number of esters is 1. The monoisotopic (exact) mass is 249 g/mol. The van der Waals surface area contributed by atoms with Crippen LogP contribution in [0.5, 0.6) is 0 Å². The van der Waals surface area contributed by atoms with Gasteiger partial charge in [0.05, 0.1) is 6.61 Å². The van der Waals surface area contributed by atoms with Gasteiger partial charge in [0.15, 0.2) is 0 Å². The third kappa shape index (κ3) is 5.32. The molecule has 100 valence electrons. The Kier molecular flexibility index (Phi) is 7.11. The average molecular weight is 249 g/mol. The normalized spacial score (nSPS) is 12.1. The molecule has 0 amide bonds. The molecule has 1 aromatic carbocycles. The van der Waals surface area contributed by atoms with Crippen LogP contribution in [-0.2, 0) is 16.0 Å². The number of carbonyl (C=O) groups is 1. The van der Waals surface area contributed by atoms with Gasteiger partial charge in [-0.3, -0.25) is 4.79 Å². The second-order valence-electron chi connectivity index (χ2n) is 4.24. The van der Waals surface area contributed by atoms with E-state index in [2.05, 4.69) is 17.4 Å². The molecular weight excluding hydrogens is 226 g/mol. The summed E-state index contributed by atoms with van der Waals surface area (Å²) in [5.74, 6) is -0.132. The van der Waals surface area contributed by atoms with Gasteiger partial charge in [0.2, 0.25) is 0 Å². The lowest BCUT2D eigenvalue weighted by atomic mass is 10.0. The van der Waals surface area contributed by atoms with Crippen LogP contribution < -0.4 is 5.32 Å². The Morgan fingerprint density at radius 2 is 2.00 bits per heavy atom. The predicted octanol–water partition coefficient (Wildman–Crippen LogP) is 2.55. The van der Waals surface area contributed by atoms with Gasteiger partial charge < -0.3 is 10.1 Å². The number of nitrogens with one attached hydrogen (secondary N) is 1. The molecule has 3 heteroatoms. The molecule has 0 saturated heterocycles. The van der Waals surface area contributed by atoms with Gasteiger partial charge in [-0.15, -0.1) is 0 Å². The molecule has 0 bridgehead atoms. The van der Waals surface area contributed by atoms with Crippen LogP contribution in [0.1, 0.15) is 32.3 Å². The first-order valence-corrected chi connectivity index (χ1v) is 6.71. The second-order valence-corrected chi connectivity index (χ2v) is 4.24. The molecule has 1 N–H and O–H groups in total. The lowest BCUT2D eigenvalue weighted by Gasteiger charge is -2.16. The SMILES string of the molecule is CCNC(CCCc1ccccc1)C(=O)OCC. The van der Waals surface area contributed by atoms with Crippen LogP contribution in [0.15, 0.2) is 30.3 Å². The van der Waals surface area contributed by atoms with E-state index in [1.54, 1.807) is 0 Å². The summed E-state index contributed by atoms with van der Waals surface area (Å²) in [6.07, 6.45) is 2.81. The van der Waals surface area contributed by atoms with E-state index in [1.165, 1.54) is 5.56 Å². The number of rotatable bonds is 8. The molecule has 1 aromatic rings. The zero-order valence-corrected chi connectivity index (χ0v) is 11.3. The predicted molar refractivity (Wildman–Crippen MR) is 73.5 cm³/mol. The van der Waals surface area contributed by atoms with E-state index < -0.39 is 0 Å². The molecule has 0 fully saturated rings. The van der Waals surface area contributed by atoms with Gasteiger partial charge in [-0.25, -0.2) is 0 Å². The molecule has 1 atom stereocenters. The van der Waals surface area contributed by atoms with Crippen molar-refractivity contribution in [2.75, 3.05) is 13.2 Å². The summed E-state index contributed by atoms with van der Waals surface area (Å²) in [6, 6.07) is 10.2. The Bertz CT molecular complexity index is 338. The van der Waals surface area contributed by atoms with Crippen molar-refractivity contribution >= 4 is 5.97 Å². The van der Waals surface area contributed by atoms with Crippen molar-refractivity contribution in [3.63, 3.8) is 0 Å². The Hall–Kier alpha value is -1.35. The molecule has 1 unspecified atom stereocenters. The maximum Gasteiger partial charge on any atom is 0.323 e. The lowest BCUT2D eigenvalue weighted by molar-refractivity contribution is -0.145. The van der Waals surface area contributed by atoms with Crippen molar-refractivity contribution in [3.05, 3.63) is 35.9 Å². The van der Waals surface area contributed by atoms with E-state index in [1.807, 2.05) is 32.0 Å². The van der Waals surface area contributed by atoms with Crippen molar-refractivity contribution in [1.29, 1.82) is 0 Å².